The van der Waals surface area contributed by atoms with Crippen LogP contribution in [0.3, 0.4) is 0 Å². The van der Waals surface area contributed by atoms with E-state index >= 15 is 0 Å². The molecule has 2 N–H and O–H groups in total. The number of allylic oxidation sites excluding steroid dienone is 3. The van der Waals surface area contributed by atoms with Gasteiger partial charge in [-0.25, -0.2) is 9.18 Å². The van der Waals surface area contributed by atoms with E-state index in [2.05, 4.69) is 5.32 Å². The Kier molecular flexibility index (Phi) is 2.70. The van der Waals surface area contributed by atoms with Crippen LogP contribution in [0.2, 0.25) is 0 Å². The van der Waals surface area contributed by atoms with E-state index in [9.17, 15) is 14.0 Å². The molecule has 19 heavy (non-hydrogen) atoms. The van der Waals surface area contributed by atoms with Gasteiger partial charge in [0, 0.05) is 23.1 Å². The first-order chi connectivity index (χ1) is 9.03. The van der Waals surface area contributed by atoms with E-state index in [-0.39, 0.29) is 17.9 Å². The van der Waals surface area contributed by atoms with Crippen molar-refractivity contribution in [2.75, 3.05) is 19.6 Å². The zero-order valence-corrected chi connectivity index (χ0v) is 10.4. The maximum Gasteiger partial charge on any atom is 0.411 e. The van der Waals surface area contributed by atoms with Gasteiger partial charge in [0.2, 0.25) is 0 Å². The molecule has 1 amide bonds. The standard InChI is InChI=1S/C13H15FN2O3/c14-8-5-9-10(16(7-8)12(18)19)6-13(11(9)17)1-3-15-4-2-13/h5,15H,1-4,6-7H2,(H,18,19). The molecule has 0 atom stereocenters. The largest absolute Gasteiger partial charge is 0.465 e. The van der Waals surface area contributed by atoms with E-state index < -0.39 is 17.3 Å². The number of hydrogen-bond donors (Lipinski definition) is 2. The summed E-state index contributed by atoms with van der Waals surface area (Å²) in [4.78, 5) is 24.7. The number of nitrogens with one attached hydrogen (secondary N) is 1. The molecule has 3 rings (SSSR count). The maximum absolute atomic E-state index is 13.5. The van der Waals surface area contributed by atoms with Crippen LogP contribution in [0.5, 0.6) is 0 Å². The van der Waals surface area contributed by atoms with E-state index in [4.69, 9.17) is 5.11 Å². The second kappa shape index (κ2) is 4.16. The molecule has 6 heteroatoms. The average Bonchev–Trinajstić information content (AvgIpc) is 2.64. The van der Waals surface area contributed by atoms with Gasteiger partial charge in [-0.3, -0.25) is 9.69 Å². The number of amides is 1. The summed E-state index contributed by atoms with van der Waals surface area (Å²) in [5.41, 5.74) is 0.207. The molecule has 0 bridgehead atoms. The van der Waals surface area contributed by atoms with Crippen molar-refractivity contribution in [3.8, 4) is 0 Å². The van der Waals surface area contributed by atoms with Gasteiger partial charge in [-0.2, -0.15) is 0 Å². The van der Waals surface area contributed by atoms with Gasteiger partial charge in [0.25, 0.3) is 0 Å². The summed E-state index contributed by atoms with van der Waals surface area (Å²) in [5.74, 6) is -0.661. The second-order valence-electron chi connectivity index (χ2n) is 5.36. The second-order valence-corrected chi connectivity index (χ2v) is 5.36. The van der Waals surface area contributed by atoms with Crippen LogP contribution in [0.15, 0.2) is 23.2 Å². The normalized spacial score (nSPS) is 25.6. The van der Waals surface area contributed by atoms with Crippen LogP contribution >= 0.6 is 0 Å². The Labute approximate surface area is 109 Å². The molecule has 1 fully saturated rings. The Hall–Kier alpha value is -1.69. The van der Waals surface area contributed by atoms with Crippen molar-refractivity contribution in [3.63, 3.8) is 0 Å². The van der Waals surface area contributed by atoms with Crippen LogP contribution in [-0.4, -0.2) is 41.5 Å². The summed E-state index contributed by atoms with van der Waals surface area (Å²) >= 11 is 0. The first-order valence-electron chi connectivity index (χ1n) is 6.39. The highest BCUT2D eigenvalue weighted by molar-refractivity contribution is 6.06. The van der Waals surface area contributed by atoms with Crippen LogP contribution in [0.4, 0.5) is 9.18 Å². The first-order valence-corrected chi connectivity index (χ1v) is 6.39. The quantitative estimate of drug-likeness (QED) is 0.696. The van der Waals surface area contributed by atoms with Crippen molar-refractivity contribution in [3.05, 3.63) is 23.2 Å². The predicted molar refractivity (Wildman–Crippen MR) is 65.1 cm³/mol. The number of piperidine rings is 1. The van der Waals surface area contributed by atoms with Gasteiger partial charge in [0.15, 0.2) is 5.78 Å². The number of hydrogen-bond acceptors (Lipinski definition) is 3. The first kappa shape index (κ1) is 12.3. The van der Waals surface area contributed by atoms with Gasteiger partial charge in [0.05, 0.1) is 6.54 Å². The molecule has 0 aromatic heterocycles. The van der Waals surface area contributed by atoms with E-state index in [0.717, 1.165) is 18.0 Å². The number of Topliss-reactive ketones (excluding diaryl/α,β-unsaturated/α-hetero) is 1. The van der Waals surface area contributed by atoms with Crippen LogP contribution in [0.25, 0.3) is 0 Å². The molecular formula is C13H15FN2O3. The molecule has 0 aromatic carbocycles. The summed E-state index contributed by atoms with van der Waals surface area (Å²) in [7, 11) is 0. The fourth-order valence-electron chi connectivity index (χ4n) is 3.24. The Balaban J connectivity index is 1.99. The third-order valence-electron chi connectivity index (χ3n) is 4.27. The number of ketones is 1. The molecular weight excluding hydrogens is 251 g/mol. The summed E-state index contributed by atoms with van der Waals surface area (Å²) in [6.07, 6.45) is 1.80. The van der Waals surface area contributed by atoms with Crippen LogP contribution < -0.4 is 5.32 Å². The van der Waals surface area contributed by atoms with Crippen molar-refractivity contribution < 1.29 is 19.1 Å². The molecule has 1 saturated heterocycles. The SMILES string of the molecule is O=C(O)N1CC(F)=CC2=C1CC1(CCNCC1)C2=O. The Morgan fingerprint density at radius 3 is 2.74 bits per heavy atom. The Morgan fingerprint density at radius 1 is 1.42 bits per heavy atom. The van der Waals surface area contributed by atoms with Crippen molar-refractivity contribution in [1.82, 2.24) is 10.2 Å². The zero-order chi connectivity index (χ0) is 13.6. The highest BCUT2D eigenvalue weighted by atomic mass is 19.1. The Bertz CT molecular complexity index is 518. The third kappa shape index (κ3) is 1.78. The number of rotatable bonds is 0. The minimum Gasteiger partial charge on any atom is -0.465 e. The lowest BCUT2D eigenvalue weighted by molar-refractivity contribution is -0.124. The predicted octanol–water partition coefficient (Wildman–Crippen LogP) is 1.43. The summed E-state index contributed by atoms with van der Waals surface area (Å²) in [5, 5.41) is 12.3. The minimum absolute atomic E-state index is 0.0925. The van der Waals surface area contributed by atoms with Crippen molar-refractivity contribution in [2.45, 2.75) is 19.3 Å². The van der Waals surface area contributed by atoms with Gasteiger partial charge in [-0.15, -0.1) is 0 Å². The molecule has 0 radical (unpaired) electrons. The monoisotopic (exact) mass is 266 g/mol. The molecule has 0 unspecified atom stereocenters. The zero-order valence-electron chi connectivity index (χ0n) is 10.4. The number of halogens is 1. The minimum atomic E-state index is -1.20. The molecule has 2 aliphatic heterocycles. The number of carbonyl (C=O) groups excluding carboxylic acids is 1. The van der Waals surface area contributed by atoms with Crippen molar-refractivity contribution in [1.29, 1.82) is 0 Å². The highest BCUT2D eigenvalue weighted by Gasteiger charge is 2.49. The Morgan fingerprint density at radius 2 is 2.11 bits per heavy atom. The molecule has 5 nitrogen and oxygen atoms in total. The number of carbonyl (C=O) groups is 2. The fraction of sp³-hybridized carbons (Fsp3) is 0.538. The topological polar surface area (TPSA) is 69.6 Å². The van der Waals surface area contributed by atoms with Gasteiger partial charge >= 0.3 is 6.09 Å². The summed E-state index contributed by atoms with van der Waals surface area (Å²) in [6.45, 7) is 1.20. The number of nitrogens with zero attached hydrogens (tertiary/aromatic N) is 1. The molecule has 1 spiro atoms. The summed E-state index contributed by atoms with van der Waals surface area (Å²) < 4.78 is 13.5. The summed E-state index contributed by atoms with van der Waals surface area (Å²) in [6, 6.07) is 0. The lowest BCUT2D eigenvalue weighted by Gasteiger charge is -2.33. The smallest absolute Gasteiger partial charge is 0.411 e. The van der Waals surface area contributed by atoms with Gasteiger partial charge in [-0.1, -0.05) is 0 Å². The molecule has 0 saturated carbocycles. The maximum atomic E-state index is 13.5. The van der Waals surface area contributed by atoms with Gasteiger partial charge < -0.3 is 10.4 Å². The molecule has 0 aromatic rings. The highest BCUT2D eigenvalue weighted by Crippen LogP contribution is 2.48. The van der Waals surface area contributed by atoms with E-state index in [1.165, 1.54) is 6.08 Å². The van der Waals surface area contributed by atoms with Crippen molar-refractivity contribution in [2.24, 2.45) is 5.41 Å². The fourth-order valence-corrected chi connectivity index (χ4v) is 3.24. The van der Waals surface area contributed by atoms with Crippen molar-refractivity contribution >= 4 is 11.9 Å². The van der Waals surface area contributed by atoms with Crippen LogP contribution in [-0.2, 0) is 4.79 Å². The lowest BCUT2D eigenvalue weighted by Crippen LogP contribution is -2.40. The third-order valence-corrected chi connectivity index (χ3v) is 4.27. The van der Waals surface area contributed by atoms with E-state index in [0.29, 0.717) is 25.0 Å². The van der Waals surface area contributed by atoms with Gasteiger partial charge in [0.1, 0.15) is 5.83 Å². The average molecular weight is 266 g/mol. The van der Waals surface area contributed by atoms with Crippen LogP contribution in [0, 0.1) is 5.41 Å². The van der Waals surface area contributed by atoms with Gasteiger partial charge in [-0.05, 0) is 32.0 Å². The lowest BCUT2D eigenvalue weighted by atomic mass is 9.75. The molecule has 3 aliphatic rings. The van der Waals surface area contributed by atoms with E-state index in [1.54, 1.807) is 0 Å². The van der Waals surface area contributed by atoms with Crippen LogP contribution in [0.1, 0.15) is 19.3 Å². The molecule has 102 valence electrons. The molecule has 2 heterocycles. The van der Waals surface area contributed by atoms with E-state index in [1.807, 2.05) is 0 Å². The number of carboxylic acid groups (broad SMARTS) is 1. The molecule has 1 aliphatic carbocycles.